The molecule has 0 aliphatic carbocycles. The Morgan fingerprint density at radius 3 is 2.61 bits per heavy atom. The van der Waals surface area contributed by atoms with Crippen LogP contribution in [-0.2, 0) is 11.2 Å². The van der Waals surface area contributed by atoms with Crippen molar-refractivity contribution in [2.24, 2.45) is 0 Å². The summed E-state index contributed by atoms with van der Waals surface area (Å²) in [5.74, 6) is -2.43. The number of aliphatic hydroxyl groups excluding tert-OH is 1. The molecule has 0 aliphatic heterocycles. The van der Waals surface area contributed by atoms with Gasteiger partial charge in [0, 0.05) is 6.54 Å². The average molecular weight is 259 g/mol. The van der Waals surface area contributed by atoms with Gasteiger partial charge >= 0.3 is 0 Å². The standard InChI is InChI=1S/C12H15F2NO3/c1-12(18,7-16)6-15-11(17)5-8-2-3-9(13)10(14)4-8/h2-4,16,18H,5-7H2,1H3,(H,15,17). The lowest BCUT2D eigenvalue weighted by molar-refractivity contribution is -0.121. The Kier molecular flexibility index (Phi) is 4.75. The predicted octanol–water partition coefficient (Wildman–Crippen LogP) is 0.367. The molecule has 1 atom stereocenters. The predicted molar refractivity (Wildman–Crippen MR) is 60.8 cm³/mol. The van der Waals surface area contributed by atoms with Gasteiger partial charge in [0.2, 0.25) is 5.91 Å². The van der Waals surface area contributed by atoms with Crippen molar-refractivity contribution in [1.29, 1.82) is 0 Å². The lowest BCUT2D eigenvalue weighted by Crippen LogP contribution is -2.43. The Morgan fingerprint density at radius 1 is 1.39 bits per heavy atom. The van der Waals surface area contributed by atoms with Crippen LogP contribution < -0.4 is 5.32 Å². The summed E-state index contributed by atoms with van der Waals surface area (Å²) in [5.41, 5.74) is -1.07. The maximum atomic E-state index is 12.9. The van der Waals surface area contributed by atoms with Crippen LogP contribution >= 0.6 is 0 Å². The average Bonchev–Trinajstić information content (AvgIpc) is 2.32. The minimum atomic E-state index is -1.40. The van der Waals surface area contributed by atoms with Crippen LogP contribution in [0.1, 0.15) is 12.5 Å². The molecule has 1 unspecified atom stereocenters. The molecule has 1 aromatic carbocycles. The van der Waals surface area contributed by atoms with E-state index in [0.717, 1.165) is 12.1 Å². The molecule has 18 heavy (non-hydrogen) atoms. The van der Waals surface area contributed by atoms with Gasteiger partial charge in [0.1, 0.15) is 5.60 Å². The van der Waals surface area contributed by atoms with Crippen molar-refractivity contribution in [2.75, 3.05) is 13.2 Å². The Labute approximate surface area is 103 Å². The second kappa shape index (κ2) is 5.88. The molecule has 0 fully saturated rings. The number of aliphatic hydroxyl groups is 2. The number of carbonyl (C=O) groups excluding carboxylic acids is 1. The molecule has 0 aliphatic rings. The van der Waals surface area contributed by atoms with Crippen LogP contribution in [0.2, 0.25) is 0 Å². The van der Waals surface area contributed by atoms with E-state index < -0.39 is 29.7 Å². The Hall–Kier alpha value is -1.53. The molecule has 0 saturated carbocycles. The quantitative estimate of drug-likeness (QED) is 0.715. The number of halogens is 2. The summed E-state index contributed by atoms with van der Waals surface area (Å²) in [5, 5.41) is 20.6. The molecule has 4 nitrogen and oxygen atoms in total. The van der Waals surface area contributed by atoms with E-state index in [4.69, 9.17) is 5.11 Å². The van der Waals surface area contributed by atoms with Gasteiger partial charge in [-0.25, -0.2) is 8.78 Å². The minimum Gasteiger partial charge on any atom is -0.393 e. The second-order valence-electron chi connectivity index (χ2n) is 4.36. The van der Waals surface area contributed by atoms with Gasteiger partial charge in [-0.1, -0.05) is 6.07 Å². The molecule has 100 valence electrons. The fourth-order valence-corrected chi connectivity index (χ4v) is 1.24. The van der Waals surface area contributed by atoms with E-state index in [1.807, 2.05) is 0 Å². The highest BCUT2D eigenvalue weighted by molar-refractivity contribution is 5.78. The van der Waals surface area contributed by atoms with E-state index in [2.05, 4.69) is 5.32 Å². The molecule has 0 aromatic heterocycles. The molecule has 0 spiro atoms. The van der Waals surface area contributed by atoms with Crippen LogP contribution in [-0.4, -0.2) is 34.9 Å². The fourth-order valence-electron chi connectivity index (χ4n) is 1.24. The van der Waals surface area contributed by atoms with Crippen molar-refractivity contribution in [3.8, 4) is 0 Å². The zero-order valence-corrected chi connectivity index (χ0v) is 9.91. The number of amides is 1. The molecule has 1 amide bonds. The summed E-state index contributed by atoms with van der Waals surface area (Å²) in [6.07, 6.45) is -0.126. The zero-order valence-electron chi connectivity index (χ0n) is 9.91. The van der Waals surface area contributed by atoms with Crippen molar-refractivity contribution in [3.63, 3.8) is 0 Å². The number of benzene rings is 1. The number of nitrogens with one attached hydrogen (secondary N) is 1. The van der Waals surface area contributed by atoms with Crippen LogP contribution in [0.4, 0.5) is 8.78 Å². The summed E-state index contributed by atoms with van der Waals surface area (Å²) in [6, 6.07) is 3.20. The first-order valence-corrected chi connectivity index (χ1v) is 5.38. The molecule has 3 N–H and O–H groups in total. The molecular formula is C12H15F2NO3. The first-order chi connectivity index (χ1) is 8.34. The number of hydrogen-bond acceptors (Lipinski definition) is 3. The van der Waals surface area contributed by atoms with Gasteiger partial charge in [-0.05, 0) is 24.6 Å². The molecule has 0 heterocycles. The summed E-state index contributed by atoms with van der Waals surface area (Å²) in [7, 11) is 0. The summed E-state index contributed by atoms with van der Waals surface area (Å²) in [4.78, 5) is 11.5. The van der Waals surface area contributed by atoms with Gasteiger partial charge in [-0.3, -0.25) is 4.79 Å². The van der Waals surface area contributed by atoms with E-state index in [0.29, 0.717) is 5.56 Å². The monoisotopic (exact) mass is 259 g/mol. The largest absolute Gasteiger partial charge is 0.393 e. The van der Waals surface area contributed by atoms with E-state index >= 15 is 0 Å². The topological polar surface area (TPSA) is 69.6 Å². The smallest absolute Gasteiger partial charge is 0.224 e. The Balaban J connectivity index is 2.52. The van der Waals surface area contributed by atoms with Crippen molar-refractivity contribution in [3.05, 3.63) is 35.4 Å². The Bertz CT molecular complexity index is 435. The van der Waals surface area contributed by atoms with Gasteiger partial charge in [0.05, 0.1) is 13.0 Å². The zero-order chi connectivity index (χ0) is 13.8. The lowest BCUT2D eigenvalue weighted by Gasteiger charge is -2.20. The third-order valence-electron chi connectivity index (χ3n) is 2.36. The van der Waals surface area contributed by atoms with Crippen molar-refractivity contribution >= 4 is 5.91 Å². The number of carbonyl (C=O) groups is 1. The van der Waals surface area contributed by atoms with Crippen LogP contribution in [0.3, 0.4) is 0 Å². The normalized spacial score (nSPS) is 14.1. The third kappa shape index (κ3) is 4.38. The first kappa shape index (κ1) is 14.5. The lowest BCUT2D eigenvalue weighted by atomic mass is 10.1. The van der Waals surface area contributed by atoms with Crippen LogP contribution in [0.25, 0.3) is 0 Å². The summed E-state index contributed by atoms with van der Waals surface area (Å²) < 4.78 is 25.5. The molecule has 1 aromatic rings. The highest BCUT2D eigenvalue weighted by Crippen LogP contribution is 2.09. The summed E-state index contributed by atoms with van der Waals surface area (Å²) >= 11 is 0. The van der Waals surface area contributed by atoms with E-state index in [1.165, 1.54) is 13.0 Å². The van der Waals surface area contributed by atoms with Crippen LogP contribution in [0.15, 0.2) is 18.2 Å². The first-order valence-electron chi connectivity index (χ1n) is 5.38. The van der Waals surface area contributed by atoms with Gasteiger partial charge in [-0.15, -0.1) is 0 Å². The van der Waals surface area contributed by atoms with E-state index in [-0.39, 0.29) is 13.0 Å². The van der Waals surface area contributed by atoms with Crippen LogP contribution in [0.5, 0.6) is 0 Å². The van der Waals surface area contributed by atoms with Crippen LogP contribution in [0, 0.1) is 11.6 Å². The minimum absolute atomic E-state index is 0.119. The summed E-state index contributed by atoms with van der Waals surface area (Å²) in [6.45, 7) is 0.759. The van der Waals surface area contributed by atoms with E-state index in [9.17, 15) is 18.7 Å². The molecular weight excluding hydrogens is 244 g/mol. The maximum absolute atomic E-state index is 12.9. The molecule has 0 bridgehead atoms. The SMILES string of the molecule is CC(O)(CO)CNC(=O)Cc1ccc(F)c(F)c1. The van der Waals surface area contributed by atoms with E-state index in [1.54, 1.807) is 0 Å². The van der Waals surface area contributed by atoms with Crippen molar-refractivity contribution in [1.82, 2.24) is 5.32 Å². The van der Waals surface area contributed by atoms with Crippen molar-refractivity contribution < 1.29 is 23.8 Å². The Morgan fingerprint density at radius 2 is 2.06 bits per heavy atom. The maximum Gasteiger partial charge on any atom is 0.224 e. The van der Waals surface area contributed by atoms with Gasteiger partial charge in [0.15, 0.2) is 11.6 Å². The molecule has 0 saturated heterocycles. The molecule has 0 radical (unpaired) electrons. The molecule has 1 rings (SSSR count). The number of hydrogen-bond donors (Lipinski definition) is 3. The highest BCUT2D eigenvalue weighted by Gasteiger charge is 2.19. The molecule has 6 heteroatoms. The van der Waals surface area contributed by atoms with Crippen molar-refractivity contribution in [2.45, 2.75) is 18.9 Å². The second-order valence-corrected chi connectivity index (χ2v) is 4.36. The fraction of sp³-hybridized carbons (Fsp3) is 0.417. The highest BCUT2D eigenvalue weighted by atomic mass is 19.2. The van der Waals surface area contributed by atoms with Gasteiger partial charge in [0.25, 0.3) is 0 Å². The third-order valence-corrected chi connectivity index (χ3v) is 2.36. The van der Waals surface area contributed by atoms with Gasteiger partial charge < -0.3 is 15.5 Å². The van der Waals surface area contributed by atoms with Gasteiger partial charge in [-0.2, -0.15) is 0 Å². The number of rotatable bonds is 5.